The second-order valence-electron chi connectivity index (χ2n) is 1.76. The number of pyridine rings is 1. The van der Waals surface area contributed by atoms with Gasteiger partial charge in [-0.3, -0.25) is 4.98 Å². The van der Waals surface area contributed by atoms with Crippen molar-refractivity contribution < 1.29 is 5.03 Å². The third-order valence-corrected chi connectivity index (χ3v) is 1.13. The Balaban J connectivity index is 2.79. The van der Waals surface area contributed by atoms with Crippen LogP contribution in [0.4, 0.5) is 5.69 Å². The van der Waals surface area contributed by atoms with Crippen molar-refractivity contribution in [3.8, 4) is 0 Å². The van der Waals surface area contributed by atoms with Crippen LogP contribution in [-0.4, -0.2) is 10.0 Å². The molecule has 11 heavy (non-hydrogen) atoms. The first-order chi connectivity index (χ1) is 5.18. The smallest absolute Gasteiger partial charge is 0.162 e. The average molecular weight is 174 g/mol. The Morgan fingerprint density at radius 2 is 2.36 bits per heavy atom. The molecule has 0 aromatic carbocycles. The summed E-state index contributed by atoms with van der Waals surface area (Å²) in [7, 11) is 0. The van der Waals surface area contributed by atoms with Gasteiger partial charge in [-0.15, -0.1) is 5.43 Å². The molecule has 0 unspecified atom stereocenters. The predicted octanol–water partition coefficient (Wildman–Crippen LogP) is 1.34. The second kappa shape index (κ2) is 3.16. The molecule has 0 saturated carbocycles. The van der Waals surface area contributed by atoms with E-state index >= 15 is 0 Å². The molecule has 1 aromatic rings. The van der Waals surface area contributed by atoms with Gasteiger partial charge in [0, 0.05) is 6.20 Å². The summed E-state index contributed by atoms with van der Waals surface area (Å²) in [6.45, 7) is 0. The molecule has 0 atom stereocenters. The van der Waals surface area contributed by atoms with Gasteiger partial charge in [-0.2, -0.15) is 0 Å². The number of rotatable bonds is 2. The molecule has 1 aromatic heterocycles. The molecule has 0 saturated heterocycles. The van der Waals surface area contributed by atoms with Crippen molar-refractivity contribution in [3.63, 3.8) is 0 Å². The molecule has 5 nitrogen and oxygen atoms in total. The lowest BCUT2D eigenvalue weighted by Crippen LogP contribution is -2.07. The third-order valence-electron chi connectivity index (χ3n) is 0.925. The van der Waals surface area contributed by atoms with E-state index in [-0.39, 0.29) is 5.69 Å². The van der Waals surface area contributed by atoms with Crippen LogP contribution in [0.25, 0.3) is 0 Å². The highest BCUT2D eigenvalue weighted by atomic mass is 35.5. The first kappa shape index (κ1) is 7.74. The van der Waals surface area contributed by atoms with Crippen LogP contribution in [0, 0.1) is 10.1 Å². The normalized spacial score (nSPS) is 9.18. The molecule has 0 fully saturated rings. The lowest BCUT2D eigenvalue weighted by molar-refractivity contribution is -0.445. The third kappa shape index (κ3) is 2.38. The zero-order valence-corrected chi connectivity index (χ0v) is 6.08. The van der Waals surface area contributed by atoms with Gasteiger partial charge in [0.25, 0.3) is 0 Å². The van der Waals surface area contributed by atoms with Crippen LogP contribution in [0.3, 0.4) is 0 Å². The molecule has 6 heteroatoms. The number of anilines is 1. The van der Waals surface area contributed by atoms with Crippen LogP contribution in [0.2, 0.25) is 5.02 Å². The highest BCUT2D eigenvalue weighted by molar-refractivity contribution is 6.30. The van der Waals surface area contributed by atoms with Gasteiger partial charge in [0.05, 0.1) is 11.2 Å². The topological polar surface area (TPSA) is 68.1 Å². The van der Waals surface area contributed by atoms with Gasteiger partial charge in [-0.25, -0.2) is 10.1 Å². The fourth-order valence-corrected chi connectivity index (χ4v) is 0.752. The summed E-state index contributed by atoms with van der Waals surface area (Å²) in [5.74, 6) is 0. The van der Waals surface area contributed by atoms with E-state index in [4.69, 9.17) is 11.6 Å². The Bertz CT molecular complexity index is 278. The molecule has 0 amide bonds. The summed E-state index contributed by atoms with van der Waals surface area (Å²) in [5, 5.41) is 9.59. The number of halogens is 1. The van der Waals surface area contributed by atoms with Crippen LogP contribution in [0.15, 0.2) is 18.5 Å². The van der Waals surface area contributed by atoms with E-state index in [9.17, 15) is 10.1 Å². The molecule has 0 aliphatic heterocycles. The van der Waals surface area contributed by atoms with Crippen LogP contribution in [-0.2, 0) is 0 Å². The molecule has 1 rings (SSSR count). The Morgan fingerprint density at radius 1 is 1.64 bits per heavy atom. The van der Waals surface area contributed by atoms with E-state index in [0.717, 1.165) is 0 Å². The van der Waals surface area contributed by atoms with E-state index in [1.165, 1.54) is 18.5 Å². The van der Waals surface area contributed by atoms with Gasteiger partial charge in [0.1, 0.15) is 5.69 Å². The summed E-state index contributed by atoms with van der Waals surface area (Å²) in [6.07, 6.45) is 2.71. The molecule has 1 heterocycles. The minimum absolute atomic E-state index is 0.266. The zero-order valence-electron chi connectivity index (χ0n) is 5.32. The maximum atomic E-state index is 9.90. The van der Waals surface area contributed by atoms with Crippen molar-refractivity contribution in [2.24, 2.45) is 0 Å². The molecule has 1 N–H and O–H groups in total. The molecule has 0 radical (unpaired) electrons. The number of hydrogen-bond donors (Lipinski definition) is 1. The molecular weight excluding hydrogens is 170 g/mol. The van der Waals surface area contributed by atoms with Gasteiger partial charge in [-0.1, -0.05) is 11.6 Å². The fourth-order valence-electron chi connectivity index (χ4n) is 0.578. The molecule has 0 spiro atoms. The quantitative estimate of drug-likeness (QED) is 0.541. The molecule has 0 bridgehead atoms. The van der Waals surface area contributed by atoms with E-state index in [1.54, 1.807) is 0 Å². The Kier molecular flexibility index (Phi) is 2.22. The monoisotopic (exact) mass is 173 g/mol. The largest absolute Gasteiger partial charge is 0.261 e. The summed E-state index contributed by atoms with van der Waals surface area (Å²) in [4.78, 5) is 13.5. The van der Waals surface area contributed by atoms with Crippen molar-refractivity contribution in [1.29, 1.82) is 0 Å². The minimum atomic E-state index is -0.673. The first-order valence-electron chi connectivity index (χ1n) is 2.70. The van der Waals surface area contributed by atoms with Crippen LogP contribution >= 0.6 is 11.6 Å². The zero-order chi connectivity index (χ0) is 8.27. The molecule has 0 aliphatic rings. The number of hydrogen-bond acceptors (Lipinski definition) is 3. The van der Waals surface area contributed by atoms with Crippen molar-refractivity contribution in [3.05, 3.63) is 33.6 Å². The van der Waals surface area contributed by atoms with Crippen molar-refractivity contribution in [2.45, 2.75) is 0 Å². The van der Waals surface area contributed by atoms with E-state index in [2.05, 4.69) is 4.98 Å². The fraction of sp³-hybridized carbons (Fsp3) is 0. The standard InChI is InChI=1S/C5H4ClN3O2/c6-4-1-5(3-7-2-4)8-9(10)11/h1-3,8H. The first-order valence-corrected chi connectivity index (χ1v) is 3.08. The minimum Gasteiger partial charge on any atom is -0.261 e. The van der Waals surface area contributed by atoms with Gasteiger partial charge < -0.3 is 0 Å². The van der Waals surface area contributed by atoms with Gasteiger partial charge >= 0.3 is 0 Å². The second-order valence-corrected chi connectivity index (χ2v) is 2.20. The van der Waals surface area contributed by atoms with Crippen molar-refractivity contribution in [2.75, 3.05) is 5.43 Å². The summed E-state index contributed by atoms with van der Waals surface area (Å²) < 4.78 is 0. The Labute approximate surface area is 67.1 Å². The van der Waals surface area contributed by atoms with Crippen molar-refractivity contribution >= 4 is 17.3 Å². The lowest BCUT2D eigenvalue weighted by atomic mass is 10.4. The van der Waals surface area contributed by atoms with E-state index in [1.807, 2.05) is 5.43 Å². The van der Waals surface area contributed by atoms with E-state index in [0.29, 0.717) is 5.02 Å². The van der Waals surface area contributed by atoms with Gasteiger partial charge in [0.15, 0.2) is 5.03 Å². The number of aromatic nitrogens is 1. The maximum Gasteiger partial charge on any atom is 0.162 e. The number of nitro groups is 1. The average Bonchev–Trinajstić information content (AvgIpc) is 1.85. The molecule has 0 aliphatic carbocycles. The maximum absolute atomic E-state index is 9.90. The highest BCUT2D eigenvalue weighted by Gasteiger charge is 1.98. The summed E-state index contributed by atoms with van der Waals surface area (Å²) in [5.41, 5.74) is 2.19. The predicted molar refractivity (Wildman–Crippen MR) is 39.9 cm³/mol. The van der Waals surface area contributed by atoms with Crippen LogP contribution < -0.4 is 5.43 Å². The van der Waals surface area contributed by atoms with Crippen LogP contribution in [0.1, 0.15) is 0 Å². The summed E-state index contributed by atoms with van der Waals surface area (Å²) in [6, 6.07) is 1.41. The van der Waals surface area contributed by atoms with E-state index < -0.39 is 5.03 Å². The van der Waals surface area contributed by atoms with Crippen LogP contribution in [0.5, 0.6) is 0 Å². The summed E-state index contributed by atoms with van der Waals surface area (Å²) >= 11 is 5.50. The number of nitrogens with zero attached hydrogens (tertiary/aromatic N) is 2. The number of hydrazine groups is 1. The SMILES string of the molecule is O=[N+]([O-])Nc1cncc(Cl)c1. The Morgan fingerprint density at radius 3 is 2.91 bits per heavy atom. The molecular formula is C5H4ClN3O2. The highest BCUT2D eigenvalue weighted by Crippen LogP contribution is 2.11. The van der Waals surface area contributed by atoms with Crippen molar-refractivity contribution in [1.82, 2.24) is 4.98 Å². The van der Waals surface area contributed by atoms with Gasteiger partial charge in [0.2, 0.25) is 0 Å². The lowest BCUT2D eigenvalue weighted by Gasteiger charge is -1.94. The Hall–Kier alpha value is -1.36. The van der Waals surface area contributed by atoms with Gasteiger partial charge in [-0.05, 0) is 6.07 Å². The number of nitrogens with one attached hydrogen (secondary N) is 1. The molecule has 58 valence electrons.